The molecule has 2 N–H and O–H groups in total. The minimum absolute atomic E-state index is 0.0101. The van der Waals surface area contributed by atoms with Gasteiger partial charge in [-0.2, -0.15) is 0 Å². The summed E-state index contributed by atoms with van der Waals surface area (Å²) in [6, 6.07) is 11.6. The molecule has 0 unspecified atom stereocenters. The largest absolute Gasteiger partial charge is 0.347 e. The third-order valence-electron chi connectivity index (χ3n) is 4.88. The number of carbonyl (C=O) groups excluding carboxylic acids is 1. The molecule has 6 nitrogen and oxygen atoms in total. The molecule has 0 aliphatic carbocycles. The van der Waals surface area contributed by atoms with Crippen LogP contribution in [0.15, 0.2) is 61.2 Å². The number of hydrogen-bond acceptors (Lipinski definition) is 4. The maximum Gasteiger partial charge on any atom is 0.270 e. The van der Waals surface area contributed by atoms with E-state index in [1.165, 1.54) is 0 Å². The molecule has 29 heavy (non-hydrogen) atoms. The first kappa shape index (κ1) is 18.8. The van der Waals surface area contributed by atoms with E-state index in [9.17, 15) is 4.79 Å². The van der Waals surface area contributed by atoms with Crippen LogP contribution in [0.1, 0.15) is 42.4 Å². The SMILES string of the molecule is CC(C)(C)c1ccc(C(=O)NCc2ccc(-c3ccnc4[nH]ccc34)nc2)nc1. The zero-order valence-electron chi connectivity index (χ0n) is 16.7. The fraction of sp³-hybridized carbons (Fsp3) is 0.217. The predicted octanol–water partition coefficient (Wildman–Crippen LogP) is 4.25. The van der Waals surface area contributed by atoms with Crippen molar-refractivity contribution in [2.45, 2.75) is 32.7 Å². The Balaban J connectivity index is 1.43. The number of nitrogens with one attached hydrogen (secondary N) is 2. The molecule has 0 aliphatic heterocycles. The molecular formula is C23H23N5O. The molecule has 0 spiro atoms. The molecule has 0 atom stereocenters. The van der Waals surface area contributed by atoms with Gasteiger partial charge in [0, 0.05) is 42.3 Å². The molecule has 0 saturated heterocycles. The molecule has 1 amide bonds. The van der Waals surface area contributed by atoms with Crippen LogP contribution >= 0.6 is 0 Å². The fourth-order valence-corrected chi connectivity index (χ4v) is 3.12. The second-order valence-electron chi connectivity index (χ2n) is 8.01. The Morgan fingerprint density at radius 1 is 1.00 bits per heavy atom. The summed E-state index contributed by atoms with van der Waals surface area (Å²) in [4.78, 5) is 28.7. The molecule has 0 bridgehead atoms. The molecule has 4 rings (SSSR count). The lowest BCUT2D eigenvalue weighted by molar-refractivity contribution is 0.0946. The van der Waals surface area contributed by atoms with E-state index in [4.69, 9.17) is 0 Å². The number of aromatic nitrogens is 4. The summed E-state index contributed by atoms with van der Waals surface area (Å²) in [7, 11) is 0. The van der Waals surface area contributed by atoms with Crippen LogP contribution in [0.25, 0.3) is 22.3 Å². The lowest BCUT2D eigenvalue weighted by atomic mass is 9.88. The molecule has 0 saturated carbocycles. The van der Waals surface area contributed by atoms with Gasteiger partial charge in [-0.25, -0.2) is 4.98 Å². The number of H-pyrrole nitrogens is 1. The van der Waals surface area contributed by atoms with Crippen molar-refractivity contribution in [2.24, 2.45) is 0 Å². The highest BCUT2D eigenvalue weighted by atomic mass is 16.1. The number of carbonyl (C=O) groups is 1. The molecule has 6 heteroatoms. The van der Waals surface area contributed by atoms with E-state index in [-0.39, 0.29) is 11.3 Å². The Morgan fingerprint density at radius 2 is 1.86 bits per heavy atom. The van der Waals surface area contributed by atoms with Gasteiger partial charge in [0.15, 0.2) is 0 Å². The first-order chi connectivity index (χ1) is 13.9. The third-order valence-corrected chi connectivity index (χ3v) is 4.88. The van der Waals surface area contributed by atoms with Crippen LogP contribution in [0.5, 0.6) is 0 Å². The number of pyridine rings is 3. The molecule has 0 radical (unpaired) electrons. The van der Waals surface area contributed by atoms with E-state index >= 15 is 0 Å². The highest BCUT2D eigenvalue weighted by Crippen LogP contribution is 2.25. The Hall–Kier alpha value is -3.54. The number of aromatic amines is 1. The average molecular weight is 385 g/mol. The molecule has 4 aromatic heterocycles. The summed E-state index contributed by atoms with van der Waals surface area (Å²) < 4.78 is 0. The maximum atomic E-state index is 12.4. The molecule has 4 aromatic rings. The van der Waals surface area contributed by atoms with E-state index < -0.39 is 0 Å². The number of nitrogens with zero attached hydrogens (tertiary/aromatic N) is 3. The number of rotatable bonds is 4. The Morgan fingerprint density at radius 3 is 2.55 bits per heavy atom. The zero-order chi connectivity index (χ0) is 20.4. The van der Waals surface area contributed by atoms with E-state index in [1.54, 1.807) is 24.7 Å². The van der Waals surface area contributed by atoms with E-state index in [1.807, 2.05) is 36.5 Å². The summed E-state index contributed by atoms with van der Waals surface area (Å²) in [5, 5.41) is 3.93. The molecule has 4 heterocycles. The van der Waals surface area contributed by atoms with Crippen molar-refractivity contribution in [3.63, 3.8) is 0 Å². The summed E-state index contributed by atoms with van der Waals surface area (Å²) in [5.41, 5.74) is 5.17. The van der Waals surface area contributed by atoms with Gasteiger partial charge in [0.1, 0.15) is 11.3 Å². The quantitative estimate of drug-likeness (QED) is 0.550. The van der Waals surface area contributed by atoms with Gasteiger partial charge in [-0.05, 0) is 40.8 Å². The normalized spacial score (nSPS) is 11.6. The summed E-state index contributed by atoms with van der Waals surface area (Å²) in [6.07, 6.45) is 7.18. The minimum Gasteiger partial charge on any atom is -0.347 e. The molecule has 0 fully saturated rings. The standard InChI is InChI=1S/C23H23N5O/c1-23(2,3)16-5-7-20(27-14-16)22(29)28-13-15-4-6-19(26-12-15)17-8-10-24-21-18(17)9-11-25-21/h4-12,14H,13H2,1-3H3,(H,24,25)(H,28,29). The van der Waals surface area contributed by atoms with E-state index in [0.717, 1.165) is 33.4 Å². The number of amides is 1. The summed E-state index contributed by atoms with van der Waals surface area (Å²) in [6.45, 7) is 6.75. The third kappa shape index (κ3) is 4.01. The van der Waals surface area contributed by atoms with Crippen LogP contribution in [0.3, 0.4) is 0 Å². The number of hydrogen-bond donors (Lipinski definition) is 2. The monoisotopic (exact) mass is 385 g/mol. The lowest BCUT2D eigenvalue weighted by Gasteiger charge is -2.18. The molecule has 0 aromatic carbocycles. The predicted molar refractivity (Wildman–Crippen MR) is 113 cm³/mol. The first-order valence-electron chi connectivity index (χ1n) is 9.54. The van der Waals surface area contributed by atoms with Crippen molar-refractivity contribution in [2.75, 3.05) is 0 Å². The van der Waals surface area contributed by atoms with Gasteiger partial charge in [0.2, 0.25) is 0 Å². The van der Waals surface area contributed by atoms with E-state index in [0.29, 0.717) is 12.2 Å². The van der Waals surface area contributed by atoms with Crippen molar-refractivity contribution in [1.82, 2.24) is 25.3 Å². The van der Waals surface area contributed by atoms with Gasteiger partial charge < -0.3 is 10.3 Å². The van der Waals surface area contributed by atoms with Gasteiger partial charge in [0.25, 0.3) is 5.91 Å². The van der Waals surface area contributed by atoms with E-state index in [2.05, 4.69) is 46.0 Å². The van der Waals surface area contributed by atoms with Gasteiger partial charge in [-0.3, -0.25) is 14.8 Å². The topological polar surface area (TPSA) is 83.6 Å². The Kier molecular flexibility index (Phi) is 4.84. The van der Waals surface area contributed by atoms with Crippen LogP contribution < -0.4 is 5.32 Å². The molecular weight excluding hydrogens is 362 g/mol. The van der Waals surface area contributed by atoms with Gasteiger partial charge >= 0.3 is 0 Å². The Labute approximate surface area is 169 Å². The Bertz CT molecular complexity index is 1140. The highest BCUT2D eigenvalue weighted by Gasteiger charge is 2.15. The lowest BCUT2D eigenvalue weighted by Crippen LogP contribution is -2.24. The van der Waals surface area contributed by atoms with Gasteiger partial charge in [-0.15, -0.1) is 0 Å². The van der Waals surface area contributed by atoms with Crippen LogP contribution in [-0.4, -0.2) is 25.8 Å². The summed E-state index contributed by atoms with van der Waals surface area (Å²) in [5.74, 6) is -0.197. The van der Waals surface area contributed by atoms with Crippen LogP contribution in [-0.2, 0) is 12.0 Å². The zero-order valence-corrected chi connectivity index (χ0v) is 16.7. The maximum absolute atomic E-state index is 12.4. The highest BCUT2D eigenvalue weighted by molar-refractivity contribution is 5.92. The van der Waals surface area contributed by atoms with Gasteiger partial charge in [0.05, 0.1) is 5.69 Å². The first-order valence-corrected chi connectivity index (χ1v) is 9.54. The van der Waals surface area contributed by atoms with Gasteiger partial charge in [-0.1, -0.05) is 32.9 Å². The van der Waals surface area contributed by atoms with Crippen LogP contribution in [0.2, 0.25) is 0 Å². The fourth-order valence-electron chi connectivity index (χ4n) is 3.12. The van der Waals surface area contributed by atoms with Crippen molar-refractivity contribution in [1.29, 1.82) is 0 Å². The van der Waals surface area contributed by atoms with Crippen molar-refractivity contribution < 1.29 is 4.79 Å². The molecule has 146 valence electrons. The van der Waals surface area contributed by atoms with Crippen molar-refractivity contribution in [3.8, 4) is 11.3 Å². The smallest absolute Gasteiger partial charge is 0.270 e. The number of fused-ring (bicyclic) bond motifs is 1. The minimum atomic E-state index is -0.197. The van der Waals surface area contributed by atoms with Crippen LogP contribution in [0, 0.1) is 0 Å². The second-order valence-corrected chi connectivity index (χ2v) is 8.01. The summed E-state index contributed by atoms with van der Waals surface area (Å²) >= 11 is 0. The second kappa shape index (κ2) is 7.47. The average Bonchev–Trinajstić information content (AvgIpc) is 3.21. The van der Waals surface area contributed by atoms with Crippen molar-refractivity contribution in [3.05, 3.63) is 78.0 Å². The molecule has 0 aliphatic rings. The van der Waals surface area contributed by atoms with Crippen LogP contribution in [0.4, 0.5) is 0 Å². The van der Waals surface area contributed by atoms with Crippen molar-refractivity contribution >= 4 is 16.9 Å².